The van der Waals surface area contributed by atoms with Crippen LogP contribution in [0.2, 0.25) is 0 Å². The Morgan fingerprint density at radius 3 is 2.53 bits per heavy atom. The molecule has 0 aliphatic heterocycles. The predicted molar refractivity (Wildman–Crippen MR) is 57.6 cm³/mol. The van der Waals surface area contributed by atoms with Gasteiger partial charge in [0, 0.05) is 18.3 Å². The summed E-state index contributed by atoms with van der Waals surface area (Å²) < 4.78 is 0. The first kappa shape index (κ1) is 11.0. The lowest BCUT2D eigenvalue weighted by molar-refractivity contribution is 0.0999. The monoisotopic (exact) mass is 208 g/mol. The highest BCUT2D eigenvalue weighted by Crippen LogP contribution is 2.11. The van der Waals surface area contributed by atoms with E-state index in [-0.39, 0.29) is 11.3 Å². The standard InChI is InChI=1S/C9H12N4O2/c1-4(10)5-3-6(7(11)14)9(15)13-8(5)12-2/h3,10H,1-2H3,(H2,11,14)(H2,12,13,15). The lowest BCUT2D eigenvalue weighted by Gasteiger charge is -2.08. The first-order chi connectivity index (χ1) is 6.97. The van der Waals surface area contributed by atoms with Gasteiger partial charge in [-0.15, -0.1) is 0 Å². The van der Waals surface area contributed by atoms with Crippen molar-refractivity contribution < 1.29 is 4.79 Å². The van der Waals surface area contributed by atoms with E-state index in [1.807, 2.05) is 0 Å². The molecule has 0 fully saturated rings. The van der Waals surface area contributed by atoms with Gasteiger partial charge < -0.3 is 21.4 Å². The van der Waals surface area contributed by atoms with E-state index >= 15 is 0 Å². The van der Waals surface area contributed by atoms with E-state index in [0.29, 0.717) is 11.4 Å². The molecule has 0 aliphatic carbocycles. The molecule has 1 aromatic heterocycles. The molecule has 1 aromatic rings. The second-order valence-corrected chi connectivity index (χ2v) is 3.04. The SMILES string of the molecule is CNc1[nH]c(=O)c(C(N)=O)cc1C(C)=N. The van der Waals surface area contributed by atoms with Crippen LogP contribution in [0.25, 0.3) is 0 Å². The Bertz CT molecular complexity index is 475. The van der Waals surface area contributed by atoms with E-state index in [4.69, 9.17) is 11.1 Å². The molecule has 0 aliphatic rings. The summed E-state index contributed by atoms with van der Waals surface area (Å²) in [4.78, 5) is 24.7. The van der Waals surface area contributed by atoms with Gasteiger partial charge in [0.25, 0.3) is 11.5 Å². The number of carbonyl (C=O) groups excluding carboxylic acids is 1. The van der Waals surface area contributed by atoms with Crippen LogP contribution >= 0.6 is 0 Å². The Labute approximate surface area is 86.0 Å². The molecular formula is C9H12N4O2. The van der Waals surface area contributed by atoms with E-state index in [1.54, 1.807) is 14.0 Å². The number of pyridine rings is 1. The van der Waals surface area contributed by atoms with Crippen LogP contribution in [0.15, 0.2) is 10.9 Å². The number of amides is 1. The molecule has 0 aromatic carbocycles. The molecule has 1 rings (SSSR count). The zero-order valence-corrected chi connectivity index (χ0v) is 8.47. The molecule has 0 radical (unpaired) electrons. The summed E-state index contributed by atoms with van der Waals surface area (Å²) in [7, 11) is 1.61. The number of anilines is 1. The molecule has 6 heteroatoms. The fraction of sp³-hybridized carbons (Fsp3) is 0.222. The molecule has 0 saturated carbocycles. The molecule has 0 spiro atoms. The molecule has 6 nitrogen and oxygen atoms in total. The van der Waals surface area contributed by atoms with Gasteiger partial charge in [0.15, 0.2) is 0 Å². The third kappa shape index (κ3) is 2.04. The average molecular weight is 208 g/mol. The van der Waals surface area contributed by atoms with Crippen LogP contribution in [0, 0.1) is 5.41 Å². The second kappa shape index (κ2) is 3.95. The number of nitrogens with one attached hydrogen (secondary N) is 3. The first-order valence-corrected chi connectivity index (χ1v) is 4.27. The maximum absolute atomic E-state index is 11.3. The number of primary amides is 1. The van der Waals surface area contributed by atoms with E-state index in [0.717, 1.165) is 0 Å². The molecule has 0 unspecified atom stereocenters. The molecule has 0 bridgehead atoms. The van der Waals surface area contributed by atoms with E-state index in [2.05, 4.69) is 10.3 Å². The van der Waals surface area contributed by atoms with Crippen molar-refractivity contribution >= 4 is 17.4 Å². The minimum atomic E-state index is -0.804. The Balaban J connectivity index is 3.51. The van der Waals surface area contributed by atoms with Gasteiger partial charge in [-0.25, -0.2) is 0 Å². The smallest absolute Gasteiger partial charge is 0.262 e. The van der Waals surface area contributed by atoms with Crippen molar-refractivity contribution in [1.82, 2.24) is 4.98 Å². The molecular weight excluding hydrogens is 196 g/mol. The van der Waals surface area contributed by atoms with Crippen LogP contribution in [0.3, 0.4) is 0 Å². The summed E-state index contributed by atoms with van der Waals surface area (Å²) in [6, 6.07) is 1.31. The van der Waals surface area contributed by atoms with Gasteiger partial charge in [0.05, 0.1) is 0 Å². The maximum Gasteiger partial charge on any atom is 0.262 e. The Kier molecular flexibility index (Phi) is 2.89. The molecule has 1 heterocycles. The topological polar surface area (TPSA) is 112 Å². The molecule has 1 amide bonds. The number of hydrogen-bond donors (Lipinski definition) is 4. The van der Waals surface area contributed by atoms with Gasteiger partial charge in [-0.3, -0.25) is 9.59 Å². The number of aromatic nitrogens is 1. The highest BCUT2D eigenvalue weighted by atomic mass is 16.2. The fourth-order valence-corrected chi connectivity index (χ4v) is 1.21. The number of hydrogen-bond acceptors (Lipinski definition) is 4. The summed E-state index contributed by atoms with van der Waals surface area (Å²) in [5, 5.41) is 10.2. The quantitative estimate of drug-likeness (QED) is 0.520. The van der Waals surface area contributed by atoms with Gasteiger partial charge in [0.1, 0.15) is 11.4 Å². The van der Waals surface area contributed by atoms with Crippen LogP contribution in [-0.4, -0.2) is 23.7 Å². The lowest BCUT2D eigenvalue weighted by Crippen LogP contribution is -2.25. The first-order valence-electron chi connectivity index (χ1n) is 4.27. The summed E-state index contributed by atoms with van der Waals surface area (Å²) in [5.74, 6) is -0.404. The predicted octanol–water partition coefficient (Wildman–Crippen LogP) is -0.0967. The van der Waals surface area contributed by atoms with Crippen molar-refractivity contribution in [2.45, 2.75) is 6.92 Å². The zero-order valence-electron chi connectivity index (χ0n) is 8.47. The maximum atomic E-state index is 11.3. The molecule has 15 heavy (non-hydrogen) atoms. The van der Waals surface area contributed by atoms with Crippen LogP contribution in [0.5, 0.6) is 0 Å². The third-order valence-electron chi connectivity index (χ3n) is 1.96. The van der Waals surface area contributed by atoms with Crippen LogP contribution in [0.1, 0.15) is 22.8 Å². The van der Waals surface area contributed by atoms with Crippen molar-refractivity contribution in [2.24, 2.45) is 5.73 Å². The van der Waals surface area contributed by atoms with Crippen molar-refractivity contribution in [2.75, 3.05) is 12.4 Å². The number of nitrogens with two attached hydrogens (primary N) is 1. The van der Waals surface area contributed by atoms with Crippen LogP contribution < -0.4 is 16.6 Å². The third-order valence-corrected chi connectivity index (χ3v) is 1.96. The largest absolute Gasteiger partial charge is 0.374 e. The van der Waals surface area contributed by atoms with Gasteiger partial charge >= 0.3 is 0 Å². The molecule has 0 atom stereocenters. The normalized spacial score (nSPS) is 9.73. The van der Waals surface area contributed by atoms with E-state index in [9.17, 15) is 9.59 Å². The highest BCUT2D eigenvalue weighted by Gasteiger charge is 2.12. The van der Waals surface area contributed by atoms with Gasteiger partial charge in [-0.1, -0.05) is 0 Å². The Morgan fingerprint density at radius 1 is 1.53 bits per heavy atom. The molecule has 5 N–H and O–H groups in total. The van der Waals surface area contributed by atoms with Crippen LogP contribution in [-0.2, 0) is 0 Å². The minimum absolute atomic E-state index is 0.143. The van der Waals surface area contributed by atoms with Gasteiger partial charge in [-0.2, -0.15) is 0 Å². The van der Waals surface area contributed by atoms with Crippen molar-refractivity contribution in [3.8, 4) is 0 Å². The minimum Gasteiger partial charge on any atom is -0.374 e. The number of aromatic amines is 1. The summed E-state index contributed by atoms with van der Waals surface area (Å²) >= 11 is 0. The summed E-state index contributed by atoms with van der Waals surface area (Å²) in [5.41, 5.74) is 5.01. The number of carbonyl (C=O) groups is 1. The van der Waals surface area contributed by atoms with E-state index in [1.165, 1.54) is 6.07 Å². The van der Waals surface area contributed by atoms with Gasteiger partial charge in [-0.05, 0) is 13.0 Å². The van der Waals surface area contributed by atoms with Gasteiger partial charge in [0.2, 0.25) is 0 Å². The fourth-order valence-electron chi connectivity index (χ4n) is 1.21. The van der Waals surface area contributed by atoms with Crippen molar-refractivity contribution in [3.05, 3.63) is 27.5 Å². The van der Waals surface area contributed by atoms with Crippen molar-refractivity contribution in [3.63, 3.8) is 0 Å². The Hall–Kier alpha value is -2.11. The summed E-state index contributed by atoms with van der Waals surface area (Å²) in [6.45, 7) is 1.55. The average Bonchev–Trinajstić information content (AvgIpc) is 2.16. The van der Waals surface area contributed by atoms with Crippen molar-refractivity contribution in [1.29, 1.82) is 5.41 Å². The zero-order chi connectivity index (χ0) is 11.6. The van der Waals surface area contributed by atoms with Crippen LogP contribution in [0.4, 0.5) is 5.82 Å². The second-order valence-electron chi connectivity index (χ2n) is 3.04. The number of rotatable bonds is 3. The highest BCUT2D eigenvalue weighted by molar-refractivity contribution is 6.03. The molecule has 0 saturated heterocycles. The molecule has 80 valence electrons. The van der Waals surface area contributed by atoms with E-state index < -0.39 is 11.5 Å². The summed E-state index contributed by atoms with van der Waals surface area (Å²) in [6.07, 6.45) is 0. The Morgan fingerprint density at radius 2 is 2.13 bits per heavy atom. The number of H-pyrrole nitrogens is 1. The lowest BCUT2D eigenvalue weighted by atomic mass is 10.1.